The van der Waals surface area contributed by atoms with E-state index in [1.165, 1.54) is 50.8 Å². The number of hydrogen-bond donors (Lipinski definition) is 1. The van der Waals surface area contributed by atoms with Crippen molar-refractivity contribution in [2.24, 2.45) is 5.92 Å². The summed E-state index contributed by atoms with van der Waals surface area (Å²) in [5.74, 6) is 0.906. The van der Waals surface area contributed by atoms with Gasteiger partial charge in [0.05, 0.1) is 12.0 Å². The number of rotatable bonds is 3. The van der Waals surface area contributed by atoms with Crippen molar-refractivity contribution in [3.8, 4) is 0 Å². The fraction of sp³-hybridized carbons (Fsp3) is 0.786. The van der Waals surface area contributed by atoms with Gasteiger partial charge in [-0.2, -0.15) is 0 Å². The molecule has 2 aliphatic rings. The van der Waals surface area contributed by atoms with Gasteiger partial charge in [-0.1, -0.05) is 6.42 Å². The number of piperidine rings is 1. The molecule has 1 aromatic heterocycles. The largest absolute Gasteiger partial charge is 0.333 e. The molecule has 0 spiro atoms. The van der Waals surface area contributed by atoms with Crippen molar-refractivity contribution in [2.75, 3.05) is 0 Å². The normalized spacial score (nSPS) is 30.2. The Morgan fingerprint density at radius 2 is 2.12 bits per heavy atom. The second-order valence-corrected chi connectivity index (χ2v) is 5.82. The molecule has 1 aromatic rings. The van der Waals surface area contributed by atoms with Gasteiger partial charge in [-0.05, 0) is 44.9 Å². The highest BCUT2D eigenvalue weighted by atomic mass is 15.1. The fourth-order valence-electron chi connectivity index (χ4n) is 3.10. The third kappa shape index (κ3) is 2.39. The molecule has 2 heterocycles. The van der Waals surface area contributed by atoms with Gasteiger partial charge in [-0.15, -0.1) is 0 Å². The van der Waals surface area contributed by atoms with Crippen LogP contribution in [0.25, 0.3) is 0 Å². The van der Waals surface area contributed by atoms with E-state index in [9.17, 15) is 0 Å². The van der Waals surface area contributed by atoms with Gasteiger partial charge in [0.15, 0.2) is 0 Å². The first-order valence-corrected chi connectivity index (χ1v) is 7.09. The molecular weight excluding hydrogens is 210 g/mol. The fourth-order valence-corrected chi connectivity index (χ4v) is 3.10. The van der Waals surface area contributed by atoms with E-state index in [4.69, 9.17) is 0 Å². The molecule has 0 aromatic carbocycles. The van der Waals surface area contributed by atoms with E-state index in [-0.39, 0.29) is 0 Å². The van der Waals surface area contributed by atoms with Crippen LogP contribution in [0.2, 0.25) is 0 Å². The van der Waals surface area contributed by atoms with E-state index in [0.29, 0.717) is 12.1 Å². The van der Waals surface area contributed by atoms with E-state index in [0.717, 1.165) is 5.92 Å². The van der Waals surface area contributed by atoms with Crippen molar-refractivity contribution in [1.29, 1.82) is 0 Å². The highest BCUT2D eigenvalue weighted by Gasteiger charge is 2.24. The Kier molecular flexibility index (Phi) is 3.19. The zero-order chi connectivity index (χ0) is 11.7. The molecule has 2 unspecified atom stereocenters. The van der Waals surface area contributed by atoms with Gasteiger partial charge >= 0.3 is 0 Å². The van der Waals surface area contributed by atoms with Gasteiger partial charge in [0.25, 0.3) is 0 Å². The maximum atomic E-state index is 4.36. The molecule has 2 atom stereocenters. The molecule has 3 nitrogen and oxygen atoms in total. The minimum Gasteiger partial charge on any atom is -0.333 e. The maximum absolute atomic E-state index is 4.36. The summed E-state index contributed by atoms with van der Waals surface area (Å²) in [5.41, 5.74) is 1.41. The summed E-state index contributed by atoms with van der Waals surface area (Å²) in [7, 11) is 0. The Balaban J connectivity index is 1.70. The summed E-state index contributed by atoms with van der Waals surface area (Å²) in [6, 6.07) is 1.18. The molecule has 0 radical (unpaired) electrons. The molecule has 1 aliphatic heterocycles. The molecule has 3 rings (SSSR count). The number of nitrogens with zero attached hydrogens (tertiary/aromatic N) is 2. The van der Waals surface area contributed by atoms with Crippen LogP contribution < -0.4 is 5.32 Å². The van der Waals surface area contributed by atoms with Crippen LogP contribution in [-0.4, -0.2) is 15.6 Å². The lowest BCUT2D eigenvalue weighted by Crippen LogP contribution is -2.36. The zero-order valence-corrected chi connectivity index (χ0v) is 10.7. The van der Waals surface area contributed by atoms with E-state index in [1.54, 1.807) is 0 Å². The van der Waals surface area contributed by atoms with E-state index < -0.39 is 0 Å². The standard InChI is InChI=1S/C14H23N3/c1-11-4-2-7-13(16-11)14-8-15-10-17(14)9-12-5-3-6-12/h8,10-13,16H,2-7,9H2,1H3. The summed E-state index contributed by atoms with van der Waals surface area (Å²) < 4.78 is 2.39. The maximum Gasteiger partial charge on any atom is 0.0948 e. The first kappa shape index (κ1) is 11.3. The highest BCUT2D eigenvalue weighted by Crippen LogP contribution is 2.30. The Morgan fingerprint density at radius 1 is 1.29 bits per heavy atom. The summed E-state index contributed by atoms with van der Waals surface area (Å²) in [6.07, 6.45) is 12.2. The number of imidazole rings is 1. The summed E-state index contributed by atoms with van der Waals surface area (Å²) in [4.78, 5) is 4.36. The molecule has 17 heavy (non-hydrogen) atoms. The van der Waals surface area contributed by atoms with Crippen molar-refractivity contribution in [3.05, 3.63) is 18.2 Å². The lowest BCUT2D eigenvalue weighted by Gasteiger charge is -2.31. The van der Waals surface area contributed by atoms with Crippen LogP contribution in [0.5, 0.6) is 0 Å². The van der Waals surface area contributed by atoms with Crippen LogP contribution in [-0.2, 0) is 6.54 Å². The van der Waals surface area contributed by atoms with Crippen molar-refractivity contribution < 1.29 is 0 Å². The predicted octanol–water partition coefficient (Wildman–Crippen LogP) is 2.89. The Morgan fingerprint density at radius 3 is 2.82 bits per heavy atom. The van der Waals surface area contributed by atoms with Crippen molar-refractivity contribution in [2.45, 2.75) is 64.1 Å². The van der Waals surface area contributed by atoms with E-state index >= 15 is 0 Å². The van der Waals surface area contributed by atoms with Crippen molar-refractivity contribution >= 4 is 0 Å². The van der Waals surface area contributed by atoms with Gasteiger partial charge in [0, 0.05) is 24.8 Å². The van der Waals surface area contributed by atoms with E-state index in [1.807, 2.05) is 6.33 Å². The minimum absolute atomic E-state index is 0.529. The van der Waals surface area contributed by atoms with Crippen LogP contribution in [0.1, 0.15) is 57.2 Å². The average molecular weight is 233 g/mol. The second-order valence-electron chi connectivity index (χ2n) is 5.82. The SMILES string of the molecule is CC1CCCC(c2cncn2CC2CCC2)N1. The molecule has 2 fully saturated rings. The summed E-state index contributed by atoms with van der Waals surface area (Å²) >= 11 is 0. The molecular formula is C14H23N3. The number of hydrogen-bond acceptors (Lipinski definition) is 2. The molecule has 94 valence electrons. The Bertz CT molecular complexity index is 367. The number of nitrogens with one attached hydrogen (secondary N) is 1. The molecule has 3 heteroatoms. The molecule has 1 aliphatic carbocycles. The topological polar surface area (TPSA) is 29.9 Å². The third-order valence-electron chi connectivity index (χ3n) is 4.40. The zero-order valence-electron chi connectivity index (χ0n) is 10.7. The van der Waals surface area contributed by atoms with E-state index in [2.05, 4.69) is 28.0 Å². The molecule has 0 bridgehead atoms. The molecule has 1 N–H and O–H groups in total. The highest BCUT2D eigenvalue weighted by molar-refractivity contribution is 5.07. The molecule has 0 amide bonds. The first-order valence-electron chi connectivity index (χ1n) is 7.09. The van der Waals surface area contributed by atoms with Crippen LogP contribution in [0, 0.1) is 5.92 Å². The third-order valence-corrected chi connectivity index (χ3v) is 4.40. The smallest absolute Gasteiger partial charge is 0.0948 e. The average Bonchev–Trinajstić information content (AvgIpc) is 2.71. The van der Waals surface area contributed by atoms with Crippen molar-refractivity contribution in [3.63, 3.8) is 0 Å². The van der Waals surface area contributed by atoms with Gasteiger partial charge in [0.1, 0.15) is 0 Å². The summed E-state index contributed by atoms with van der Waals surface area (Å²) in [5, 5.41) is 3.71. The van der Waals surface area contributed by atoms with Crippen LogP contribution in [0.4, 0.5) is 0 Å². The monoisotopic (exact) mass is 233 g/mol. The first-order chi connectivity index (χ1) is 8.33. The van der Waals surface area contributed by atoms with Crippen LogP contribution in [0.3, 0.4) is 0 Å². The molecule has 1 saturated heterocycles. The van der Waals surface area contributed by atoms with Crippen molar-refractivity contribution in [1.82, 2.24) is 14.9 Å². The minimum atomic E-state index is 0.529. The lowest BCUT2D eigenvalue weighted by molar-refractivity contribution is 0.264. The van der Waals surface area contributed by atoms with Gasteiger partial charge in [-0.25, -0.2) is 4.98 Å². The van der Waals surface area contributed by atoms with Crippen LogP contribution >= 0.6 is 0 Å². The lowest BCUT2D eigenvalue weighted by atomic mass is 9.85. The number of aromatic nitrogens is 2. The quantitative estimate of drug-likeness (QED) is 0.870. The molecule has 1 saturated carbocycles. The van der Waals surface area contributed by atoms with Gasteiger partial charge in [-0.3, -0.25) is 0 Å². The Labute approximate surface area is 104 Å². The predicted molar refractivity (Wildman–Crippen MR) is 68.8 cm³/mol. The van der Waals surface area contributed by atoms with Crippen LogP contribution in [0.15, 0.2) is 12.5 Å². The van der Waals surface area contributed by atoms with Gasteiger partial charge < -0.3 is 9.88 Å². The van der Waals surface area contributed by atoms with Gasteiger partial charge in [0.2, 0.25) is 0 Å². The second kappa shape index (κ2) is 4.81. The Hall–Kier alpha value is -0.830. The summed E-state index contributed by atoms with van der Waals surface area (Å²) in [6.45, 7) is 3.47.